The Morgan fingerprint density at radius 2 is 1.56 bits per heavy atom. The van der Waals surface area contributed by atoms with Gasteiger partial charge < -0.3 is 15.1 Å². The van der Waals surface area contributed by atoms with Gasteiger partial charge in [0.1, 0.15) is 0 Å². The van der Waals surface area contributed by atoms with E-state index < -0.39 is 29.2 Å². The molecule has 0 fully saturated rings. The maximum Gasteiger partial charge on any atom is 0.434 e. The van der Waals surface area contributed by atoms with Crippen molar-refractivity contribution in [3.63, 3.8) is 0 Å². The molecule has 2 N–H and O–H groups in total. The standard InChI is InChI=1S/C22H15F3N4O3/c23-22(24,25)19-17(13-26-29(19)16-8-2-1-3-9-16)20(30)27-14-6-4-7-15(12-14)28-21(31)18-10-5-11-32-18/h1-13H,(H,27,30)(H,28,31). The Hall–Kier alpha value is -4.34. The first-order valence-corrected chi connectivity index (χ1v) is 9.30. The lowest BCUT2D eigenvalue weighted by molar-refractivity contribution is -0.143. The van der Waals surface area contributed by atoms with Crippen molar-refractivity contribution in [3.8, 4) is 5.69 Å². The van der Waals surface area contributed by atoms with Gasteiger partial charge in [-0.25, -0.2) is 4.68 Å². The predicted molar refractivity (Wildman–Crippen MR) is 110 cm³/mol. The summed E-state index contributed by atoms with van der Waals surface area (Å²) in [5.74, 6) is -1.42. The van der Waals surface area contributed by atoms with Crippen molar-refractivity contribution in [2.75, 3.05) is 10.6 Å². The first-order valence-electron chi connectivity index (χ1n) is 9.30. The minimum absolute atomic E-state index is 0.0857. The van der Waals surface area contributed by atoms with Crippen LogP contribution in [-0.2, 0) is 6.18 Å². The fourth-order valence-electron chi connectivity index (χ4n) is 3.03. The van der Waals surface area contributed by atoms with E-state index in [1.165, 1.54) is 42.7 Å². The number of nitrogens with one attached hydrogen (secondary N) is 2. The van der Waals surface area contributed by atoms with E-state index >= 15 is 0 Å². The zero-order valence-electron chi connectivity index (χ0n) is 16.3. The molecule has 4 rings (SSSR count). The maximum absolute atomic E-state index is 13.8. The van der Waals surface area contributed by atoms with Crippen LogP contribution in [0.4, 0.5) is 24.5 Å². The summed E-state index contributed by atoms with van der Waals surface area (Å²) in [5.41, 5.74) is -1.15. The molecular formula is C22H15F3N4O3. The number of hydrogen-bond acceptors (Lipinski definition) is 4. The van der Waals surface area contributed by atoms with Crippen molar-refractivity contribution in [2.45, 2.75) is 6.18 Å². The van der Waals surface area contributed by atoms with Gasteiger partial charge in [-0.05, 0) is 42.5 Å². The summed E-state index contributed by atoms with van der Waals surface area (Å²) < 4.78 is 47.0. The van der Waals surface area contributed by atoms with Crippen LogP contribution in [-0.4, -0.2) is 21.6 Å². The van der Waals surface area contributed by atoms with Crippen molar-refractivity contribution in [1.29, 1.82) is 0 Å². The molecule has 0 unspecified atom stereocenters. The molecule has 2 aromatic heterocycles. The molecule has 0 aliphatic carbocycles. The first-order chi connectivity index (χ1) is 15.3. The monoisotopic (exact) mass is 440 g/mol. The Labute approximate surface area is 179 Å². The molecule has 162 valence electrons. The summed E-state index contributed by atoms with van der Waals surface area (Å²) in [6.45, 7) is 0. The second-order valence-corrected chi connectivity index (χ2v) is 6.62. The topological polar surface area (TPSA) is 89.2 Å². The SMILES string of the molecule is O=C(Nc1cccc(NC(=O)c2cnn(-c3ccccc3)c2C(F)(F)F)c1)c1ccco1. The van der Waals surface area contributed by atoms with Gasteiger partial charge in [-0.15, -0.1) is 0 Å². The summed E-state index contributed by atoms with van der Waals surface area (Å²) in [4.78, 5) is 24.8. The molecular weight excluding hydrogens is 425 g/mol. The second kappa shape index (κ2) is 8.42. The summed E-state index contributed by atoms with van der Waals surface area (Å²) in [6, 6.07) is 16.7. The molecule has 0 spiro atoms. The third-order valence-corrected chi connectivity index (χ3v) is 4.41. The number of aromatic nitrogens is 2. The molecule has 4 aromatic rings. The average Bonchev–Trinajstić information content (AvgIpc) is 3.45. The van der Waals surface area contributed by atoms with Crippen LogP contribution in [0.1, 0.15) is 26.6 Å². The van der Waals surface area contributed by atoms with Gasteiger partial charge in [0.25, 0.3) is 11.8 Å². The number of halogens is 3. The van der Waals surface area contributed by atoms with Gasteiger partial charge in [-0.3, -0.25) is 9.59 Å². The van der Waals surface area contributed by atoms with Gasteiger partial charge in [0, 0.05) is 11.4 Å². The van der Waals surface area contributed by atoms with Crippen LogP contribution in [0.3, 0.4) is 0 Å². The van der Waals surface area contributed by atoms with Crippen molar-refractivity contribution >= 4 is 23.2 Å². The third-order valence-electron chi connectivity index (χ3n) is 4.41. The van der Waals surface area contributed by atoms with Crippen molar-refractivity contribution in [2.24, 2.45) is 0 Å². The summed E-state index contributed by atoms with van der Waals surface area (Å²) in [5, 5.41) is 8.76. The zero-order valence-corrected chi connectivity index (χ0v) is 16.3. The number of rotatable bonds is 5. The summed E-state index contributed by atoms with van der Waals surface area (Å²) in [7, 11) is 0. The number of furan rings is 1. The number of benzene rings is 2. The maximum atomic E-state index is 13.8. The summed E-state index contributed by atoms with van der Waals surface area (Å²) >= 11 is 0. The number of alkyl halides is 3. The molecule has 0 radical (unpaired) electrons. The molecule has 7 nitrogen and oxygen atoms in total. The van der Waals surface area contributed by atoms with Crippen molar-refractivity contribution in [1.82, 2.24) is 9.78 Å². The third kappa shape index (κ3) is 4.38. The molecule has 0 aliphatic rings. The fraction of sp³-hybridized carbons (Fsp3) is 0.0455. The molecule has 0 atom stereocenters. The van der Waals surface area contributed by atoms with E-state index in [0.717, 1.165) is 6.20 Å². The lowest BCUT2D eigenvalue weighted by Crippen LogP contribution is -2.20. The quantitative estimate of drug-likeness (QED) is 0.458. The summed E-state index contributed by atoms with van der Waals surface area (Å²) in [6.07, 6.45) is -2.61. The number of anilines is 2. The number of carbonyl (C=O) groups excluding carboxylic acids is 2. The van der Waals surface area contributed by atoms with Gasteiger partial charge in [0.15, 0.2) is 11.5 Å². The van der Waals surface area contributed by atoms with Crippen molar-refractivity contribution in [3.05, 3.63) is 96.2 Å². The van der Waals surface area contributed by atoms with E-state index in [1.54, 1.807) is 30.3 Å². The Balaban J connectivity index is 1.58. The smallest absolute Gasteiger partial charge is 0.434 e. The van der Waals surface area contributed by atoms with Gasteiger partial charge in [-0.1, -0.05) is 24.3 Å². The predicted octanol–water partition coefficient (Wildman–Crippen LogP) is 4.99. The van der Waals surface area contributed by atoms with E-state index in [1.807, 2.05) is 0 Å². The number of para-hydroxylation sites is 1. The number of hydrogen-bond donors (Lipinski definition) is 2. The largest absolute Gasteiger partial charge is 0.459 e. The van der Waals surface area contributed by atoms with E-state index in [-0.39, 0.29) is 17.1 Å². The molecule has 2 aromatic carbocycles. The highest BCUT2D eigenvalue weighted by Crippen LogP contribution is 2.34. The van der Waals surface area contributed by atoms with E-state index in [2.05, 4.69) is 15.7 Å². The van der Waals surface area contributed by atoms with Crippen LogP contribution in [0.25, 0.3) is 5.69 Å². The highest BCUT2D eigenvalue weighted by molar-refractivity contribution is 6.06. The Morgan fingerprint density at radius 1 is 0.875 bits per heavy atom. The second-order valence-electron chi connectivity index (χ2n) is 6.62. The van der Waals surface area contributed by atoms with E-state index in [4.69, 9.17) is 4.42 Å². The molecule has 0 aliphatic heterocycles. The van der Waals surface area contributed by atoms with Gasteiger partial charge in [0.2, 0.25) is 0 Å². The molecule has 0 saturated carbocycles. The fourth-order valence-corrected chi connectivity index (χ4v) is 3.03. The van der Waals surface area contributed by atoms with Crippen molar-refractivity contribution < 1.29 is 27.2 Å². The number of amides is 2. The molecule has 0 bridgehead atoms. The van der Waals surface area contributed by atoms with Crippen LogP contribution in [0, 0.1) is 0 Å². The average molecular weight is 440 g/mol. The Kier molecular flexibility index (Phi) is 5.50. The zero-order chi connectivity index (χ0) is 22.7. The Bertz CT molecular complexity index is 1250. The number of carbonyl (C=O) groups is 2. The van der Waals surface area contributed by atoms with E-state index in [9.17, 15) is 22.8 Å². The van der Waals surface area contributed by atoms with Crippen LogP contribution >= 0.6 is 0 Å². The molecule has 2 heterocycles. The lowest BCUT2D eigenvalue weighted by Gasteiger charge is -2.13. The van der Waals surface area contributed by atoms with E-state index in [0.29, 0.717) is 10.4 Å². The van der Waals surface area contributed by atoms with Gasteiger partial charge >= 0.3 is 6.18 Å². The van der Waals surface area contributed by atoms with Crippen LogP contribution in [0.15, 0.2) is 83.6 Å². The molecule has 10 heteroatoms. The highest BCUT2D eigenvalue weighted by atomic mass is 19.4. The van der Waals surface area contributed by atoms with Crippen LogP contribution in [0.2, 0.25) is 0 Å². The minimum Gasteiger partial charge on any atom is -0.459 e. The van der Waals surface area contributed by atoms with Crippen LogP contribution in [0.5, 0.6) is 0 Å². The molecule has 2 amide bonds. The molecule has 0 saturated heterocycles. The number of nitrogens with zero attached hydrogens (tertiary/aromatic N) is 2. The van der Waals surface area contributed by atoms with Gasteiger partial charge in [-0.2, -0.15) is 18.3 Å². The lowest BCUT2D eigenvalue weighted by atomic mass is 10.2. The molecule has 32 heavy (non-hydrogen) atoms. The highest BCUT2D eigenvalue weighted by Gasteiger charge is 2.40. The first kappa shape index (κ1) is 20.9. The Morgan fingerprint density at radius 3 is 2.19 bits per heavy atom. The van der Waals surface area contributed by atoms with Gasteiger partial charge in [0.05, 0.1) is 23.7 Å². The minimum atomic E-state index is -4.82. The normalized spacial score (nSPS) is 11.2. The van der Waals surface area contributed by atoms with Crippen LogP contribution < -0.4 is 10.6 Å².